The van der Waals surface area contributed by atoms with Crippen molar-refractivity contribution < 1.29 is 9.31 Å². The second-order valence-electron chi connectivity index (χ2n) is 2.80. The van der Waals surface area contributed by atoms with Gasteiger partial charge in [-0.3, -0.25) is 10.1 Å². The van der Waals surface area contributed by atoms with Crippen molar-refractivity contribution in [3.8, 4) is 0 Å². The topological polar surface area (TPSA) is 43.1 Å². The lowest BCUT2D eigenvalue weighted by molar-refractivity contribution is -0.425. The van der Waals surface area contributed by atoms with Gasteiger partial charge < -0.3 is 0 Å². The second kappa shape index (κ2) is 4.50. The van der Waals surface area contributed by atoms with E-state index in [-0.39, 0.29) is 11.5 Å². The molecule has 0 aliphatic carbocycles. The standard InChI is InChI=1S/C10H10FNO2/c1-2-10(12(13)14)7-8-3-5-9(11)6-4-8/h3-7H,2H2,1H3. The van der Waals surface area contributed by atoms with E-state index < -0.39 is 4.92 Å². The molecular weight excluding hydrogens is 185 g/mol. The fourth-order valence-electron chi connectivity index (χ4n) is 1.04. The van der Waals surface area contributed by atoms with Gasteiger partial charge in [0.2, 0.25) is 5.70 Å². The van der Waals surface area contributed by atoms with Crippen LogP contribution in [0.15, 0.2) is 30.0 Å². The summed E-state index contributed by atoms with van der Waals surface area (Å²) < 4.78 is 12.5. The molecule has 0 radical (unpaired) electrons. The number of allylic oxidation sites excluding steroid dienone is 1. The molecule has 0 N–H and O–H groups in total. The molecule has 1 aromatic rings. The van der Waals surface area contributed by atoms with Gasteiger partial charge in [0.15, 0.2) is 0 Å². The summed E-state index contributed by atoms with van der Waals surface area (Å²) in [6, 6.07) is 5.57. The van der Waals surface area contributed by atoms with Crippen molar-refractivity contribution >= 4 is 6.08 Å². The molecule has 0 aliphatic rings. The summed E-state index contributed by atoms with van der Waals surface area (Å²) >= 11 is 0. The van der Waals surface area contributed by atoms with E-state index in [1.165, 1.54) is 30.3 Å². The first kappa shape index (κ1) is 10.4. The molecule has 74 valence electrons. The molecule has 0 aromatic heterocycles. The van der Waals surface area contributed by atoms with Crippen LogP contribution < -0.4 is 0 Å². The largest absolute Gasteiger partial charge is 0.259 e. The molecular formula is C10H10FNO2. The van der Waals surface area contributed by atoms with Gasteiger partial charge in [0, 0.05) is 12.5 Å². The SMILES string of the molecule is CCC(=Cc1ccc(F)cc1)[N+](=O)[O-]. The second-order valence-corrected chi connectivity index (χ2v) is 2.80. The van der Waals surface area contributed by atoms with Crippen molar-refractivity contribution in [2.45, 2.75) is 13.3 Å². The Morgan fingerprint density at radius 1 is 1.50 bits per heavy atom. The van der Waals surface area contributed by atoms with Gasteiger partial charge in [0.1, 0.15) is 5.82 Å². The number of benzene rings is 1. The smallest absolute Gasteiger partial charge is 0.246 e. The summed E-state index contributed by atoms with van der Waals surface area (Å²) in [6.45, 7) is 1.71. The molecule has 0 fully saturated rings. The van der Waals surface area contributed by atoms with Gasteiger partial charge in [0.25, 0.3) is 0 Å². The Balaban J connectivity index is 2.95. The molecule has 0 aliphatic heterocycles. The van der Waals surface area contributed by atoms with E-state index in [4.69, 9.17) is 0 Å². The quantitative estimate of drug-likeness (QED) is 0.549. The minimum absolute atomic E-state index is 0.122. The van der Waals surface area contributed by atoms with E-state index in [1.54, 1.807) is 6.92 Å². The molecule has 1 aromatic carbocycles. The lowest BCUT2D eigenvalue weighted by Gasteiger charge is -1.95. The highest BCUT2D eigenvalue weighted by molar-refractivity contribution is 5.50. The third-order valence-corrected chi connectivity index (χ3v) is 1.80. The van der Waals surface area contributed by atoms with Crippen LogP contribution in [0.3, 0.4) is 0 Å². The van der Waals surface area contributed by atoms with Gasteiger partial charge in [-0.2, -0.15) is 0 Å². The maximum Gasteiger partial charge on any atom is 0.246 e. The Labute approximate surface area is 81.0 Å². The van der Waals surface area contributed by atoms with Gasteiger partial charge >= 0.3 is 0 Å². The Hall–Kier alpha value is -1.71. The first-order valence-electron chi connectivity index (χ1n) is 4.24. The Bertz CT molecular complexity index is 357. The van der Waals surface area contributed by atoms with Crippen LogP contribution >= 0.6 is 0 Å². The average molecular weight is 195 g/mol. The minimum Gasteiger partial charge on any atom is -0.259 e. The van der Waals surface area contributed by atoms with Crippen LogP contribution in [0.4, 0.5) is 4.39 Å². The van der Waals surface area contributed by atoms with Crippen LogP contribution in [-0.4, -0.2) is 4.92 Å². The normalized spacial score (nSPS) is 11.4. The Kier molecular flexibility index (Phi) is 3.34. The molecule has 0 spiro atoms. The van der Waals surface area contributed by atoms with E-state index in [2.05, 4.69) is 0 Å². The fourth-order valence-corrected chi connectivity index (χ4v) is 1.04. The third kappa shape index (κ3) is 2.65. The molecule has 0 saturated carbocycles. The van der Waals surface area contributed by atoms with Crippen LogP contribution in [0.25, 0.3) is 6.08 Å². The highest BCUT2D eigenvalue weighted by Gasteiger charge is 2.06. The number of nitrogens with zero attached hydrogens (tertiary/aromatic N) is 1. The highest BCUT2D eigenvalue weighted by atomic mass is 19.1. The third-order valence-electron chi connectivity index (χ3n) is 1.80. The average Bonchev–Trinajstić information content (AvgIpc) is 2.16. The number of rotatable bonds is 3. The number of nitro groups is 1. The Morgan fingerprint density at radius 3 is 2.50 bits per heavy atom. The summed E-state index contributed by atoms with van der Waals surface area (Å²) in [5.74, 6) is -0.346. The minimum atomic E-state index is -0.427. The van der Waals surface area contributed by atoms with E-state index in [0.29, 0.717) is 12.0 Å². The molecule has 0 heterocycles. The molecule has 0 saturated heterocycles. The molecule has 14 heavy (non-hydrogen) atoms. The number of hydrogen-bond donors (Lipinski definition) is 0. The highest BCUT2D eigenvalue weighted by Crippen LogP contribution is 2.10. The van der Waals surface area contributed by atoms with Crippen molar-refractivity contribution in [2.24, 2.45) is 0 Å². The first-order valence-corrected chi connectivity index (χ1v) is 4.24. The van der Waals surface area contributed by atoms with Crippen molar-refractivity contribution in [1.82, 2.24) is 0 Å². The van der Waals surface area contributed by atoms with E-state index in [0.717, 1.165) is 0 Å². The molecule has 4 heteroatoms. The predicted octanol–water partition coefficient (Wildman–Crippen LogP) is 2.85. The van der Waals surface area contributed by atoms with Crippen molar-refractivity contribution in [3.63, 3.8) is 0 Å². The first-order chi connectivity index (χ1) is 6.63. The van der Waals surface area contributed by atoms with Gasteiger partial charge in [-0.05, 0) is 17.7 Å². The van der Waals surface area contributed by atoms with Crippen molar-refractivity contribution in [1.29, 1.82) is 0 Å². The molecule has 0 atom stereocenters. The van der Waals surface area contributed by atoms with E-state index in [1.807, 2.05) is 0 Å². The number of hydrogen-bond acceptors (Lipinski definition) is 2. The van der Waals surface area contributed by atoms with Crippen molar-refractivity contribution in [3.05, 3.63) is 51.5 Å². The summed E-state index contributed by atoms with van der Waals surface area (Å²) in [5.41, 5.74) is 0.761. The van der Waals surface area contributed by atoms with Gasteiger partial charge in [-0.15, -0.1) is 0 Å². The van der Waals surface area contributed by atoms with Crippen molar-refractivity contribution in [2.75, 3.05) is 0 Å². The maximum absolute atomic E-state index is 12.5. The zero-order valence-corrected chi connectivity index (χ0v) is 7.74. The predicted molar refractivity (Wildman–Crippen MR) is 51.7 cm³/mol. The van der Waals surface area contributed by atoms with Crippen LogP contribution in [-0.2, 0) is 0 Å². The summed E-state index contributed by atoms with van der Waals surface area (Å²) in [7, 11) is 0. The lowest BCUT2D eigenvalue weighted by Crippen LogP contribution is -1.96. The molecule has 0 unspecified atom stereocenters. The molecule has 0 amide bonds. The lowest BCUT2D eigenvalue weighted by atomic mass is 10.2. The monoisotopic (exact) mass is 195 g/mol. The maximum atomic E-state index is 12.5. The van der Waals surface area contributed by atoms with E-state index in [9.17, 15) is 14.5 Å². The van der Waals surface area contributed by atoms with Gasteiger partial charge in [0.05, 0.1) is 4.92 Å². The Morgan fingerprint density at radius 2 is 2.07 bits per heavy atom. The van der Waals surface area contributed by atoms with Crippen LogP contribution in [0.5, 0.6) is 0 Å². The molecule has 0 bridgehead atoms. The molecule has 3 nitrogen and oxygen atoms in total. The summed E-state index contributed by atoms with van der Waals surface area (Å²) in [4.78, 5) is 10.0. The zero-order valence-electron chi connectivity index (χ0n) is 7.74. The van der Waals surface area contributed by atoms with Gasteiger partial charge in [-0.25, -0.2) is 4.39 Å². The van der Waals surface area contributed by atoms with E-state index >= 15 is 0 Å². The van der Waals surface area contributed by atoms with Crippen LogP contribution in [0.2, 0.25) is 0 Å². The van der Waals surface area contributed by atoms with Gasteiger partial charge in [-0.1, -0.05) is 19.1 Å². The van der Waals surface area contributed by atoms with Crippen LogP contribution in [0, 0.1) is 15.9 Å². The number of halogens is 1. The summed E-state index contributed by atoms with van der Waals surface area (Å²) in [6.07, 6.45) is 1.80. The molecule has 1 rings (SSSR count). The fraction of sp³-hybridized carbons (Fsp3) is 0.200. The van der Waals surface area contributed by atoms with Crippen LogP contribution in [0.1, 0.15) is 18.9 Å². The zero-order chi connectivity index (χ0) is 10.6. The summed E-state index contributed by atoms with van der Waals surface area (Å²) in [5, 5.41) is 10.5.